The Bertz CT molecular complexity index is 858. The van der Waals surface area contributed by atoms with E-state index >= 15 is 0 Å². The number of methoxy groups -OCH3 is 2. The van der Waals surface area contributed by atoms with E-state index in [1.807, 2.05) is 42.3 Å². The third-order valence-electron chi connectivity index (χ3n) is 3.82. The Morgan fingerprint density at radius 1 is 1.04 bits per heavy atom. The van der Waals surface area contributed by atoms with Gasteiger partial charge in [0, 0.05) is 19.7 Å². The lowest BCUT2D eigenvalue weighted by Crippen LogP contribution is -2.20. The normalized spacial score (nSPS) is 10.3. The standard InChI is InChI=1S/C19H21N5O2/c1-24(13-14-7-5-4-6-8-14)19-22-18(12-20-23-19)21-16-10-9-15(25-2)11-17(16)26-3/h4-12H,13H2,1-3H3,(H,21,22,23). The van der Waals surface area contributed by atoms with E-state index in [0.29, 0.717) is 24.1 Å². The molecule has 0 fully saturated rings. The van der Waals surface area contributed by atoms with Gasteiger partial charge >= 0.3 is 0 Å². The van der Waals surface area contributed by atoms with Gasteiger partial charge in [0.25, 0.3) is 0 Å². The molecule has 7 heteroatoms. The molecule has 0 unspecified atom stereocenters. The zero-order valence-electron chi connectivity index (χ0n) is 15.0. The van der Waals surface area contributed by atoms with Crippen LogP contribution in [-0.2, 0) is 6.54 Å². The molecule has 1 N–H and O–H groups in total. The molecule has 7 nitrogen and oxygen atoms in total. The van der Waals surface area contributed by atoms with Gasteiger partial charge in [-0.2, -0.15) is 10.1 Å². The summed E-state index contributed by atoms with van der Waals surface area (Å²) in [7, 11) is 5.16. The number of hydrogen-bond acceptors (Lipinski definition) is 7. The Hall–Kier alpha value is -3.35. The van der Waals surface area contributed by atoms with Crippen molar-refractivity contribution in [2.45, 2.75) is 6.54 Å². The molecule has 0 aliphatic carbocycles. The van der Waals surface area contributed by atoms with Crippen LogP contribution in [0.1, 0.15) is 5.56 Å². The van der Waals surface area contributed by atoms with E-state index in [-0.39, 0.29) is 0 Å². The summed E-state index contributed by atoms with van der Waals surface area (Å²) in [6, 6.07) is 15.7. The van der Waals surface area contributed by atoms with Crippen molar-refractivity contribution in [2.75, 3.05) is 31.5 Å². The SMILES string of the molecule is COc1ccc(Nc2cnnc(N(C)Cc3ccccc3)n2)c(OC)c1. The summed E-state index contributed by atoms with van der Waals surface area (Å²) in [6.07, 6.45) is 1.57. The summed E-state index contributed by atoms with van der Waals surface area (Å²) in [6.45, 7) is 0.692. The summed E-state index contributed by atoms with van der Waals surface area (Å²) in [4.78, 5) is 6.48. The minimum atomic E-state index is 0.534. The van der Waals surface area contributed by atoms with Crippen LogP contribution < -0.4 is 19.7 Å². The van der Waals surface area contributed by atoms with Crippen LogP contribution in [0.5, 0.6) is 11.5 Å². The van der Waals surface area contributed by atoms with Gasteiger partial charge < -0.3 is 19.7 Å². The second-order valence-electron chi connectivity index (χ2n) is 5.67. The fourth-order valence-corrected chi connectivity index (χ4v) is 2.48. The maximum atomic E-state index is 5.40. The highest BCUT2D eigenvalue weighted by molar-refractivity contribution is 5.65. The minimum Gasteiger partial charge on any atom is -0.497 e. The van der Waals surface area contributed by atoms with Gasteiger partial charge in [0.2, 0.25) is 5.95 Å². The van der Waals surface area contributed by atoms with Crippen molar-refractivity contribution in [2.24, 2.45) is 0 Å². The van der Waals surface area contributed by atoms with E-state index in [1.165, 1.54) is 5.56 Å². The second kappa shape index (κ2) is 8.15. The Kier molecular flexibility index (Phi) is 5.48. The number of rotatable bonds is 7. The predicted molar refractivity (Wildman–Crippen MR) is 101 cm³/mol. The number of aromatic nitrogens is 3. The first kappa shape index (κ1) is 17.5. The van der Waals surface area contributed by atoms with E-state index in [9.17, 15) is 0 Å². The molecule has 0 bridgehead atoms. The lowest BCUT2D eigenvalue weighted by Gasteiger charge is -2.17. The van der Waals surface area contributed by atoms with Crippen molar-refractivity contribution < 1.29 is 9.47 Å². The number of anilines is 3. The van der Waals surface area contributed by atoms with Crippen molar-refractivity contribution in [3.05, 3.63) is 60.3 Å². The lowest BCUT2D eigenvalue weighted by molar-refractivity contribution is 0.395. The first-order valence-electron chi connectivity index (χ1n) is 8.13. The molecule has 0 atom stereocenters. The van der Waals surface area contributed by atoms with Crippen LogP contribution in [-0.4, -0.2) is 36.4 Å². The van der Waals surface area contributed by atoms with Crippen LogP contribution in [0.15, 0.2) is 54.7 Å². The Morgan fingerprint density at radius 3 is 2.58 bits per heavy atom. The van der Waals surface area contributed by atoms with E-state index in [4.69, 9.17) is 9.47 Å². The zero-order chi connectivity index (χ0) is 18.4. The zero-order valence-corrected chi connectivity index (χ0v) is 15.0. The number of benzene rings is 2. The summed E-state index contributed by atoms with van der Waals surface area (Å²) < 4.78 is 10.6. The molecule has 0 aliphatic heterocycles. The monoisotopic (exact) mass is 351 g/mol. The van der Waals surface area contributed by atoms with Crippen LogP contribution in [0, 0.1) is 0 Å². The van der Waals surface area contributed by atoms with E-state index in [0.717, 1.165) is 11.4 Å². The third-order valence-corrected chi connectivity index (χ3v) is 3.82. The van der Waals surface area contributed by atoms with Gasteiger partial charge in [0.1, 0.15) is 11.5 Å². The molecule has 0 radical (unpaired) electrons. The van der Waals surface area contributed by atoms with Crippen LogP contribution in [0.2, 0.25) is 0 Å². The maximum absolute atomic E-state index is 5.40. The van der Waals surface area contributed by atoms with Crippen LogP contribution in [0.4, 0.5) is 17.5 Å². The fraction of sp³-hybridized carbons (Fsp3) is 0.211. The predicted octanol–water partition coefficient (Wildman–Crippen LogP) is 3.27. The highest BCUT2D eigenvalue weighted by Gasteiger charge is 2.10. The van der Waals surface area contributed by atoms with Crippen molar-refractivity contribution >= 4 is 17.5 Å². The number of nitrogens with zero attached hydrogens (tertiary/aromatic N) is 4. The lowest BCUT2D eigenvalue weighted by atomic mass is 10.2. The molecule has 1 heterocycles. The minimum absolute atomic E-state index is 0.534. The molecule has 0 spiro atoms. The molecular weight excluding hydrogens is 330 g/mol. The average Bonchev–Trinajstić information content (AvgIpc) is 2.69. The highest BCUT2D eigenvalue weighted by Crippen LogP contribution is 2.31. The molecule has 3 aromatic rings. The van der Waals surface area contributed by atoms with Crippen molar-refractivity contribution in [3.63, 3.8) is 0 Å². The first-order valence-corrected chi connectivity index (χ1v) is 8.13. The Balaban J connectivity index is 1.77. The largest absolute Gasteiger partial charge is 0.497 e. The number of nitrogens with one attached hydrogen (secondary N) is 1. The first-order chi connectivity index (χ1) is 12.7. The topological polar surface area (TPSA) is 72.4 Å². The molecule has 0 saturated heterocycles. The molecule has 134 valence electrons. The Morgan fingerprint density at radius 2 is 1.85 bits per heavy atom. The molecular formula is C19H21N5O2. The molecule has 0 saturated carbocycles. The number of ether oxygens (including phenoxy) is 2. The van der Waals surface area contributed by atoms with Crippen molar-refractivity contribution in [1.29, 1.82) is 0 Å². The molecule has 26 heavy (non-hydrogen) atoms. The van der Waals surface area contributed by atoms with E-state index < -0.39 is 0 Å². The molecule has 2 aromatic carbocycles. The van der Waals surface area contributed by atoms with E-state index in [1.54, 1.807) is 26.5 Å². The molecule has 3 rings (SSSR count). The van der Waals surface area contributed by atoms with Gasteiger partial charge in [0.15, 0.2) is 5.82 Å². The van der Waals surface area contributed by atoms with Crippen LogP contribution in [0.3, 0.4) is 0 Å². The van der Waals surface area contributed by atoms with Crippen LogP contribution in [0.25, 0.3) is 0 Å². The van der Waals surface area contributed by atoms with Gasteiger partial charge in [-0.15, -0.1) is 5.10 Å². The highest BCUT2D eigenvalue weighted by atomic mass is 16.5. The Labute approximate surface area is 152 Å². The van der Waals surface area contributed by atoms with E-state index in [2.05, 4.69) is 32.6 Å². The average molecular weight is 351 g/mol. The molecule has 1 aromatic heterocycles. The fourth-order valence-electron chi connectivity index (χ4n) is 2.48. The van der Waals surface area contributed by atoms with Crippen molar-refractivity contribution in [1.82, 2.24) is 15.2 Å². The summed E-state index contributed by atoms with van der Waals surface area (Å²) in [5, 5.41) is 11.4. The molecule has 0 amide bonds. The van der Waals surface area contributed by atoms with Gasteiger partial charge in [-0.05, 0) is 17.7 Å². The third kappa shape index (κ3) is 4.18. The van der Waals surface area contributed by atoms with Gasteiger partial charge in [-0.3, -0.25) is 0 Å². The van der Waals surface area contributed by atoms with Crippen molar-refractivity contribution in [3.8, 4) is 11.5 Å². The van der Waals surface area contributed by atoms with Crippen LogP contribution >= 0.6 is 0 Å². The summed E-state index contributed by atoms with van der Waals surface area (Å²) in [5.74, 6) is 2.49. The molecule has 0 aliphatic rings. The quantitative estimate of drug-likeness (QED) is 0.700. The second-order valence-corrected chi connectivity index (χ2v) is 5.67. The van der Waals surface area contributed by atoms with Gasteiger partial charge in [-0.1, -0.05) is 30.3 Å². The number of hydrogen-bond donors (Lipinski definition) is 1. The maximum Gasteiger partial charge on any atom is 0.247 e. The summed E-state index contributed by atoms with van der Waals surface area (Å²) >= 11 is 0. The van der Waals surface area contributed by atoms with Gasteiger partial charge in [0.05, 0.1) is 26.1 Å². The van der Waals surface area contributed by atoms with Gasteiger partial charge in [-0.25, -0.2) is 0 Å². The summed E-state index contributed by atoms with van der Waals surface area (Å²) in [5.41, 5.74) is 1.94. The smallest absolute Gasteiger partial charge is 0.247 e.